The summed E-state index contributed by atoms with van der Waals surface area (Å²) >= 11 is 4.81. The van der Waals surface area contributed by atoms with Gasteiger partial charge in [0.1, 0.15) is 17.3 Å². The highest BCUT2D eigenvalue weighted by atomic mass is 79.9. The summed E-state index contributed by atoms with van der Waals surface area (Å²) in [6, 6.07) is 1.36. The zero-order valence-corrected chi connectivity index (χ0v) is 12.1. The van der Waals surface area contributed by atoms with E-state index in [0.29, 0.717) is 13.1 Å². The minimum absolute atomic E-state index is 0.0912. The fourth-order valence-electron chi connectivity index (χ4n) is 1.58. The Hall–Kier alpha value is -0.0200. The number of rotatable bonds is 3. The lowest BCUT2D eigenvalue weighted by Gasteiger charge is -2.24. The lowest BCUT2D eigenvalue weighted by atomic mass is 10.5. The molecular weight excluding hydrogens is 330 g/mol. The smallest absolute Gasteiger partial charge is 0.247 e. The molecule has 0 unspecified atom stereocenters. The number of aliphatic hydroxyl groups excluding tert-OH is 1. The number of halogens is 1. The van der Waals surface area contributed by atoms with Gasteiger partial charge >= 0.3 is 0 Å². The third-order valence-electron chi connectivity index (χ3n) is 2.45. The molecule has 17 heavy (non-hydrogen) atoms. The molecule has 0 aromatic carbocycles. The van der Waals surface area contributed by atoms with E-state index in [4.69, 9.17) is 9.52 Å². The van der Waals surface area contributed by atoms with Crippen molar-refractivity contribution in [2.24, 2.45) is 0 Å². The fourth-order valence-corrected chi connectivity index (χ4v) is 5.11. The quantitative estimate of drug-likeness (QED) is 0.896. The molecule has 1 aliphatic rings. The molecule has 0 saturated carbocycles. The first-order valence-electron chi connectivity index (χ1n) is 5.02. The maximum absolute atomic E-state index is 12.3. The number of furan rings is 1. The van der Waals surface area contributed by atoms with Crippen molar-refractivity contribution in [3.63, 3.8) is 0 Å². The molecule has 0 amide bonds. The minimum Gasteiger partial charge on any atom is -0.450 e. The van der Waals surface area contributed by atoms with Crippen LogP contribution >= 0.6 is 27.7 Å². The fraction of sp³-hybridized carbons (Fsp3) is 0.556. The molecule has 0 radical (unpaired) electrons. The van der Waals surface area contributed by atoms with E-state index < -0.39 is 10.0 Å². The Labute approximate surface area is 112 Å². The van der Waals surface area contributed by atoms with Crippen LogP contribution in [0.1, 0.15) is 5.76 Å². The van der Waals surface area contributed by atoms with Gasteiger partial charge in [-0.25, -0.2) is 8.42 Å². The Kier molecular flexibility index (Phi) is 4.19. The lowest BCUT2D eigenvalue weighted by Crippen LogP contribution is -2.37. The first kappa shape index (κ1) is 13.4. The molecule has 5 nitrogen and oxygen atoms in total. The van der Waals surface area contributed by atoms with Crippen molar-refractivity contribution in [3.05, 3.63) is 16.5 Å². The van der Waals surface area contributed by atoms with Gasteiger partial charge in [0.25, 0.3) is 0 Å². The molecule has 0 spiro atoms. The Bertz CT molecular complexity index is 493. The summed E-state index contributed by atoms with van der Waals surface area (Å²) in [4.78, 5) is 0.0912. The molecule has 8 heteroatoms. The van der Waals surface area contributed by atoms with Crippen molar-refractivity contribution in [3.8, 4) is 0 Å². The van der Waals surface area contributed by atoms with Crippen LogP contribution in [0.2, 0.25) is 0 Å². The van der Waals surface area contributed by atoms with Gasteiger partial charge in [-0.1, -0.05) is 0 Å². The SMILES string of the molecule is O=S(=O)(c1cc(CO)oc1Br)N1CCSCC1. The van der Waals surface area contributed by atoms with Crippen LogP contribution in [0.3, 0.4) is 0 Å². The number of sulfonamides is 1. The van der Waals surface area contributed by atoms with Crippen molar-refractivity contribution in [2.45, 2.75) is 11.5 Å². The van der Waals surface area contributed by atoms with Gasteiger partial charge in [-0.3, -0.25) is 0 Å². The number of hydrogen-bond acceptors (Lipinski definition) is 5. The summed E-state index contributed by atoms with van der Waals surface area (Å²) in [7, 11) is -3.51. The number of thioether (sulfide) groups is 1. The van der Waals surface area contributed by atoms with Gasteiger partial charge in [0.15, 0.2) is 4.67 Å². The second-order valence-electron chi connectivity index (χ2n) is 3.53. The Morgan fingerprint density at radius 3 is 2.65 bits per heavy atom. The number of aliphatic hydroxyl groups is 1. The largest absolute Gasteiger partial charge is 0.450 e. The first-order chi connectivity index (χ1) is 8.05. The monoisotopic (exact) mass is 341 g/mol. The molecule has 2 rings (SSSR count). The van der Waals surface area contributed by atoms with Crippen molar-refractivity contribution >= 4 is 37.7 Å². The van der Waals surface area contributed by atoms with Gasteiger partial charge in [0, 0.05) is 30.7 Å². The zero-order chi connectivity index (χ0) is 12.5. The summed E-state index contributed by atoms with van der Waals surface area (Å²) in [5.74, 6) is 1.85. The summed E-state index contributed by atoms with van der Waals surface area (Å²) in [5.41, 5.74) is 0. The predicted molar refractivity (Wildman–Crippen MR) is 68.4 cm³/mol. The van der Waals surface area contributed by atoms with Gasteiger partial charge < -0.3 is 9.52 Å². The van der Waals surface area contributed by atoms with Crippen LogP contribution in [0.4, 0.5) is 0 Å². The van der Waals surface area contributed by atoms with Gasteiger partial charge in [-0.15, -0.1) is 0 Å². The predicted octanol–water partition coefficient (Wildman–Crippen LogP) is 1.27. The van der Waals surface area contributed by atoms with Crippen LogP contribution in [0.25, 0.3) is 0 Å². The van der Waals surface area contributed by atoms with Crippen molar-refractivity contribution < 1.29 is 17.9 Å². The van der Waals surface area contributed by atoms with E-state index in [2.05, 4.69) is 15.9 Å². The molecule has 1 aromatic heterocycles. The van der Waals surface area contributed by atoms with Crippen LogP contribution < -0.4 is 0 Å². The van der Waals surface area contributed by atoms with Crippen LogP contribution in [0.15, 0.2) is 20.0 Å². The number of hydrogen-bond donors (Lipinski definition) is 1. The summed E-state index contributed by atoms with van der Waals surface area (Å²) in [5, 5.41) is 8.93. The summed E-state index contributed by atoms with van der Waals surface area (Å²) in [6.45, 7) is 0.710. The van der Waals surface area contributed by atoms with Gasteiger partial charge in [-0.2, -0.15) is 16.1 Å². The van der Waals surface area contributed by atoms with E-state index in [-0.39, 0.29) is 21.9 Å². The highest BCUT2D eigenvalue weighted by molar-refractivity contribution is 9.10. The van der Waals surface area contributed by atoms with Crippen LogP contribution in [-0.4, -0.2) is 42.4 Å². The molecule has 96 valence electrons. The van der Waals surface area contributed by atoms with Gasteiger partial charge in [0.2, 0.25) is 10.0 Å². The molecule has 0 bridgehead atoms. The van der Waals surface area contributed by atoms with E-state index in [1.54, 1.807) is 11.8 Å². The average molecular weight is 342 g/mol. The topological polar surface area (TPSA) is 70.8 Å². The zero-order valence-electron chi connectivity index (χ0n) is 8.93. The highest BCUT2D eigenvalue weighted by Crippen LogP contribution is 2.29. The molecule has 0 atom stereocenters. The second kappa shape index (κ2) is 5.31. The third kappa shape index (κ3) is 2.70. The third-order valence-corrected chi connectivity index (χ3v) is 6.15. The van der Waals surface area contributed by atoms with E-state index in [0.717, 1.165) is 11.5 Å². The summed E-state index contributed by atoms with van der Waals surface area (Å²) < 4.78 is 31.3. The standard InChI is InChI=1S/C9H12BrNO4S2/c10-9-8(5-7(6-12)15-9)17(13,14)11-1-3-16-4-2-11/h5,12H,1-4,6H2. The molecule has 1 aliphatic heterocycles. The van der Waals surface area contributed by atoms with Crippen LogP contribution in [0, 0.1) is 0 Å². The molecule has 0 aliphatic carbocycles. The van der Waals surface area contributed by atoms with Crippen molar-refractivity contribution in [2.75, 3.05) is 24.6 Å². The average Bonchev–Trinajstić information content (AvgIpc) is 2.72. The normalized spacial score (nSPS) is 18.5. The van der Waals surface area contributed by atoms with E-state index >= 15 is 0 Å². The highest BCUT2D eigenvalue weighted by Gasteiger charge is 2.30. The molecule has 1 aromatic rings. The maximum atomic E-state index is 12.3. The first-order valence-corrected chi connectivity index (χ1v) is 8.41. The van der Waals surface area contributed by atoms with Gasteiger partial charge in [0.05, 0.1) is 0 Å². The maximum Gasteiger partial charge on any atom is 0.247 e. The number of nitrogens with zero attached hydrogens (tertiary/aromatic N) is 1. The molecule has 1 saturated heterocycles. The molecule has 1 fully saturated rings. The van der Waals surface area contributed by atoms with E-state index in [1.807, 2.05) is 0 Å². The molecule has 1 N–H and O–H groups in total. The summed E-state index contributed by atoms with van der Waals surface area (Å²) in [6.07, 6.45) is 0. The van der Waals surface area contributed by atoms with Crippen LogP contribution in [0.5, 0.6) is 0 Å². The van der Waals surface area contributed by atoms with Gasteiger partial charge in [-0.05, 0) is 15.9 Å². The molecule has 2 heterocycles. The Morgan fingerprint density at radius 2 is 2.12 bits per heavy atom. The Balaban J connectivity index is 2.33. The minimum atomic E-state index is -3.51. The molecular formula is C9H12BrNO4S2. The van der Waals surface area contributed by atoms with E-state index in [9.17, 15) is 8.42 Å². The second-order valence-corrected chi connectivity index (χ2v) is 7.38. The van der Waals surface area contributed by atoms with Crippen molar-refractivity contribution in [1.82, 2.24) is 4.31 Å². The lowest BCUT2D eigenvalue weighted by molar-refractivity contribution is 0.245. The van der Waals surface area contributed by atoms with Crippen LogP contribution in [-0.2, 0) is 16.6 Å². The van der Waals surface area contributed by atoms with Crippen molar-refractivity contribution in [1.29, 1.82) is 0 Å². The van der Waals surface area contributed by atoms with E-state index in [1.165, 1.54) is 10.4 Å². The Morgan fingerprint density at radius 1 is 1.47 bits per heavy atom.